The second-order valence-electron chi connectivity index (χ2n) is 15.1. The number of carbonyl (C=O) groups is 5. The molecule has 48 heavy (non-hydrogen) atoms. The number of urea groups is 1. The third kappa shape index (κ3) is 10.6. The lowest BCUT2D eigenvalue weighted by Crippen LogP contribution is -2.62. The average molecular weight is 676 g/mol. The maximum Gasteiger partial charge on any atom is 0.326 e. The summed E-state index contributed by atoms with van der Waals surface area (Å²) < 4.78 is 5.41. The van der Waals surface area contributed by atoms with E-state index in [1.807, 2.05) is 13.8 Å². The molecule has 0 radical (unpaired) electrons. The number of likely N-dealkylation sites (N-methyl/N-ethyl adjacent to an activating group) is 1. The Bertz CT molecular complexity index is 1080. The van der Waals surface area contributed by atoms with Crippen LogP contribution >= 0.6 is 0 Å². The Morgan fingerprint density at radius 1 is 0.688 bits per heavy atom. The van der Waals surface area contributed by atoms with Crippen LogP contribution in [0.4, 0.5) is 4.79 Å². The predicted molar refractivity (Wildman–Crippen MR) is 182 cm³/mol. The van der Waals surface area contributed by atoms with Gasteiger partial charge in [0.05, 0.1) is 13.2 Å². The second kappa shape index (κ2) is 18.8. The van der Waals surface area contributed by atoms with Crippen molar-refractivity contribution in [3.63, 3.8) is 0 Å². The number of carbonyl (C=O) groups excluding carboxylic acids is 4. The summed E-state index contributed by atoms with van der Waals surface area (Å²) in [4.78, 5) is 71.3. The van der Waals surface area contributed by atoms with E-state index in [0.29, 0.717) is 32.7 Å². The van der Waals surface area contributed by atoms with Gasteiger partial charge in [-0.1, -0.05) is 71.6 Å². The number of rotatable bonds is 13. The van der Waals surface area contributed by atoms with Crippen LogP contribution in [0.25, 0.3) is 0 Å². The summed E-state index contributed by atoms with van der Waals surface area (Å²) in [6.45, 7) is 5.69. The van der Waals surface area contributed by atoms with Crippen LogP contribution in [-0.4, -0.2) is 102 Å². The van der Waals surface area contributed by atoms with Crippen molar-refractivity contribution in [3.05, 3.63) is 0 Å². The molecule has 1 saturated heterocycles. The van der Waals surface area contributed by atoms with Crippen molar-refractivity contribution < 1.29 is 33.8 Å². The number of hydrogen-bond donors (Lipinski definition) is 4. The fourth-order valence-electron chi connectivity index (χ4n) is 8.30. The molecule has 3 aliphatic carbocycles. The number of nitrogens with zero attached hydrogens (tertiary/aromatic N) is 2. The van der Waals surface area contributed by atoms with Gasteiger partial charge in [-0.2, -0.15) is 0 Å². The van der Waals surface area contributed by atoms with Gasteiger partial charge in [0.2, 0.25) is 17.7 Å². The first-order valence-electron chi connectivity index (χ1n) is 18.8. The van der Waals surface area contributed by atoms with Crippen molar-refractivity contribution in [2.24, 2.45) is 23.7 Å². The molecule has 0 aromatic rings. The van der Waals surface area contributed by atoms with Crippen LogP contribution in [0.2, 0.25) is 0 Å². The summed E-state index contributed by atoms with van der Waals surface area (Å²) in [5, 5.41) is 19.2. The molecule has 0 spiro atoms. The summed E-state index contributed by atoms with van der Waals surface area (Å²) >= 11 is 0. The summed E-state index contributed by atoms with van der Waals surface area (Å²) in [7, 11) is 1.53. The quantitative estimate of drug-likeness (QED) is 0.229. The smallest absolute Gasteiger partial charge is 0.326 e. The van der Waals surface area contributed by atoms with Crippen molar-refractivity contribution in [2.45, 2.75) is 141 Å². The first-order chi connectivity index (χ1) is 23.1. The molecule has 272 valence electrons. The number of carboxylic acid groups (broad SMARTS) is 1. The van der Waals surface area contributed by atoms with Crippen LogP contribution in [0.5, 0.6) is 0 Å². The van der Waals surface area contributed by atoms with E-state index in [1.165, 1.54) is 11.9 Å². The highest BCUT2D eigenvalue weighted by atomic mass is 16.5. The SMILES string of the molecule is CC(C)C[C@H](C(=O)O)N(C)C(=O)[C@H](NC(=O)[C@H](NC(=O)[C@H](NC(=O)N1CCOCC1)C1CCCCC1)C1CCCCC1)C1CCCCC1. The highest BCUT2D eigenvalue weighted by Crippen LogP contribution is 2.31. The first kappa shape index (κ1) is 37.9. The molecule has 0 unspecified atom stereocenters. The van der Waals surface area contributed by atoms with E-state index < -0.39 is 42.0 Å². The molecule has 4 aliphatic rings. The Kier molecular flexibility index (Phi) is 14.8. The number of amides is 5. The molecule has 4 rings (SSSR count). The fourth-order valence-corrected chi connectivity index (χ4v) is 8.30. The topological polar surface area (TPSA) is 157 Å². The number of morpholine rings is 1. The van der Waals surface area contributed by atoms with Gasteiger partial charge in [0.1, 0.15) is 24.2 Å². The number of nitrogens with one attached hydrogen (secondary N) is 3. The molecule has 4 atom stereocenters. The Morgan fingerprint density at radius 3 is 1.54 bits per heavy atom. The number of hydrogen-bond acceptors (Lipinski definition) is 6. The predicted octanol–water partition coefficient (Wildman–Crippen LogP) is 4.07. The molecule has 0 bridgehead atoms. The van der Waals surface area contributed by atoms with Crippen LogP contribution in [0.15, 0.2) is 0 Å². The van der Waals surface area contributed by atoms with Gasteiger partial charge in [-0.05, 0) is 68.6 Å². The molecule has 4 N–H and O–H groups in total. The van der Waals surface area contributed by atoms with E-state index in [4.69, 9.17) is 4.74 Å². The third-order valence-electron chi connectivity index (χ3n) is 11.2. The molecular weight excluding hydrogens is 614 g/mol. The van der Waals surface area contributed by atoms with Gasteiger partial charge in [0.15, 0.2) is 0 Å². The van der Waals surface area contributed by atoms with Gasteiger partial charge in [0.25, 0.3) is 0 Å². The molecular formula is C36H61N5O7. The summed E-state index contributed by atoms with van der Waals surface area (Å²) in [5.74, 6) is -2.38. The Balaban J connectivity index is 1.57. The molecule has 0 aromatic heterocycles. The highest BCUT2D eigenvalue weighted by molar-refractivity contribution is 5.95. The highest BCUT2D eigenvalue weighted by Gasteiger charge is 2.41. The van der Waals surface area contributed by atoms with E-state index >= 15 is 0 Å². The van der Waals surface area contributed by atoms with Crippen LogP contribution in [-0.2, 0) is 23.9 Å². The van der Waals surface area contributed by atoms with Crippen LogP contribution in [0.3, 0.4) is 0 Å². The Hall–Kier alpha value is -2.89. The van der Waals surface area contributed by atoms with Crippen LogP contribution in [0, 0.1) is 23.7 Å². The number of ether oxygens (including phenoxy) is 1. The van der Waals surface area contributed by atoms with Gasteiger partial charge < -0.3 is 35.6 Å². The van der Waals surface area contributed by atoms with E-state index in [-0.39, 0.29) is 35.6 Å². The second-order valence-corrected chi connectivity index (χ2v) is 15.1. The summed E-state index contributed by atoms with van der Waals surface area (Å²) in [6.07, 6.45) is 14.1. The van der Waals surface area contributed by atoms with Gasteiger partial charge in [-0.25, -0.2) is 9.59 Å². The van der Waals surface area contributed by atoms with E-state index in [0.717, 1.165) is 96.3 Å². The van der Waals surface area contributed by atoms with Crippen molar-refractivity contribution in [1.82, 2.24) is 25.8 Å². The Morgan fingerprint density at radius 2 is 1.10 bits per heavy atom. The van der Waals surface area contributed by atoms with Crippen molar-refractivity contribution in [3.8, 4) is 0 Å². The van der Waals surface area contributed by atoms with Crippen molar-refractivity contribution in [2.75, 3.05) is 33.4 Å². The minimum atomic E-state index is -1.06. The molecule has 0 aromatic carbocycles. The molecule has 12 heteroatoms. The lowest BCUT2D eigenvalue weighted by Gasteiger charge is -2.38. The molecule has 1 heterocycles. The zero-order chi connectivity index (χ0) is 34.6. The monoisotopic (exact) mass is 675 g/mol. The van der Waals surface area contributed by atoms with E-state index in [9.17, 15) is 29.1 Å². The first-order valence-corrected chi connectivity index (χ1v) is 18.8. The summed E-state index contributed by atoms with van der Waals surface area (Å²) in [6, 6.07) is -3.80. The van der Waals surface area contributed by atoms with E-state index in [1.54, 1.807) is 4.90 Å². The lowest BCUT2D eigenvalue weighted by atomic mass is 9.80. The van der Waals surface area contributed by atoms with Gasteiger partial charge in [-0.15, -0.1) is 0 Å². The minimum Gasteiger partial charge on any atom is -0.480 e. The van der Waals surface area contributed by atoms with Gasteiger partial charge in [0, 0.05) is 20.1 Å². The molecule has 3 saturated carbocycles. The maximum absolute atomic E-state index is 14.4. The maximum atomic E-state index is 14.4. The van der Waals surface area contributed by atoms with Gasteiger partial charge in [-0.3, -0.25) is 14.4 Å². The van der Waals surface area contributed by atoms with Crippen molar-refractivity contribution in [1.29, 1.82) is 0 Å². The standard InChI is InChI=1S/C36H61N5O7/c1-24(2)23-28(35(45)46)40(3)34(44)31(27-17-11-6-12-18-27)38-32(42)29(25-13-7-4-8-14-25)37-33(43)30(26-15-9-5-10-16-26)39-36(47)41-19-21-48-22-20-41/h24-31H,4-23H2,1-3H3,(H,37,43)(H,38,42)(H,39,47)(H,45,46)/t28-,29-,30-,31-/m1/s1. The van der Waals surface area contributed by atoms with Crippen LogP contribution < -0.4 is 16.0 Å². The molecule has 4 fully saturated rings. The largest absolute Gasteiger partial charge is 0.480 e. The van der Waals surface area contributed by atoms with E-state index in [2.05, 4.69) is 16.0 Å². The normalized spacial score (nSPS) is 22.6. The number of carboxylic acids is 1. The average Bonchev–Trinajstić information content (AvgIpc) is 3.11. The molecule has 12 nitrogen and oxygen atoms in total. The molecule has 1 aliphatic heterocycles. The van der Waals surface area contributed by atoms with Gasteiger partial charge >= 0.3 is 12.0 Å². The minimum absolute atomic E-state index is 0.0297. The lowest BCUT2D eigenvalue weighted by molar-refractivity contribution is -0.152. The summed E-state index contributed by atoms with van der Waals surface area (Å²) in [5.41, 5.74) is 0. The van der Waals surface area contributed by atoms with Crippen LogP contribution in [0.1, 0.15) is 117 Å². The Labute approximate surface area is 286 Å². The zero-order valence-corrected chi connectivity index (χ0v) is 29.6. The fraction of sp³-hybridized carbons (Fsp3) is 0.861. The number of aliphatic carboxylic acids is 1. The van der Waals surface area contributed by atoms with Crippen molar-refractivity contribution >= 4 is 29.7 Å². The third-order valence-corrected chi connectivity index (χ3v) is 11.2. The zero-order valence-electron chi connectivity index (χ0n) is 29.6. The molecule has 5 amide bonds.